The van der Waals surface area contributed by atoms with Crippen LogP contribution in [0.25, 0.3) is 5.69 Å². The first kappa shape index (κ1) is 18.4. The molecule has 2 heterocycles. The molecule has 0 aliphatic carbocycles. The first-order chi connectivity index (χ1) is 12.3. The van der Waals surface area contributed by atoms with Gasteiger partial charge in [0.05, 0.1) is 11.9 Å². The largest absolute Gasteiger partial charge is 0.287 e. The first-order valence-electron chi connectivity index (χ1n) is 7.34. The van der Waals surface area contributed by atoms with Gasteiger partial charge >= 0.3 is 0 Å². The van der Waals surface area contributed by atoms with E-state index in [1.807, 2.05) is 0 Å². The van der Waals surface area contributed by atoms with E-state index in [2.05, 4.69) is 31.1 Å². The van der Waals surface area contributed by atoms with Gasteiger partial charge in [0.15, 0.2) is 5.82 Å². The molecule has 0 unspecified atom stereocenters. The zero-order chi connectivity index (χ0) is 18.7. The predicted molar refractivity (Wildman–Crippen MR) is 96.4 cm³/mol. The Morgan fingerprint density at radius 2 is 2.08 bits per heavy atom. The van der Waals surface area contributed by atoms with Crippen LogP contribution in [0.3, 0.4) is 0 Å². The molecule has 2 aromatic heterocycles. The summed E-state index contributed by atoms with van der Waals surface area (Å²) in [6.45, 7) is -0.299. The number of hydrogen-bond acceptors (Lipinski definition) is 7. The van der Waals surface area contributed by atoms with E-state index in [1.54, 1.807) is 36.4 Å². The average molecular weight is 437 g/mol. The number of ketones is 1. The van der Waals surface area contributed by atoms with Gasteiger partial charge in [-0.25, -0.2) is 0 Å². The van der Waals surface area contributed by atoms with Crippen LogP contribution in [0.15, 0.2) is 53.4 Å². The van der Waals surface area contributed by atoms with Crippen LogP contribution in [0.1, 0.15) is 21.9 Å². The van der Waals surface area contributed by atoms with E-state index in [1.165, 1.54) is 17.1 Å². The van der Waals surface area contributed by atoms with Crippen LogP contribution in [0.5, 0.6) is 0 Å². The van der Waals surface area contributed by atoms with Crippen LogP contribution >= 0.6 is 15.9 Å². The molecule has 3 rings (SSSR count). The molecule has 26 heavy (non-hydrogen) atoms. The Morgan fingerprint density at radius 3 is 2.77 bits per heavy atom. The number of halogens is 1. The molecule has 1 aromatic carbocycles. The highest BCUT2D eigenvalue weighted by atomic mass is 79.9. The van der Waals surface area contributed by atoms with Crippen molar-refractivity contribution in [1.29, 1.82) is 0 Å². The van der Waals surface area contributed by atoms with Crippen molar-refractivity contribution < 1.29 is 17.4 Å². The quantitative estimate of drug-likeness (QED) is 0.430. The van der Waals surface area contributed by atoms with Crippen molar-refractivity contribution in [1.82, 2.24) is 19.7 Å². The molecular formula is C16H13BrN4O4S. The van der Waals surface area contributed by atoms with E-state index in [4.69, 9.17) is 4.18 Å². The van der Waals surface area contributed by atoms with Crippen molar-refractivity contribution in [2.24, 2.45) is 0 Å². The van der Waals surface area contributed by atoms with Crippen molar-refractivity contribution in [2.45, 2.75) is 6.61 Å². The fraction of sp³-hybridized carbons (Fsp3) is 0.125. The molecule has 3 aromatic rings. The summed E-state index contributed by atoms with van der Waals surface area (Å²) in [5, 5.41) is 7.67. The van der Waals surface area contributed by atoms with E-state index in [9.17, 15) is 13.2 Å². The van der Waals surface area contributed by atoms with Crippen molar-refractivity contribution in [3.05, 3.63) is 70.5 Å². The van der Waals surface area contributed by atoms with Gasteiger partial charge in [0, 0.05) is 16.2 Å². The van der Waals surface area contributed by atoms with E-state index in [0.29, 0.717) is 15.7 Å². The molecule has 10 heteroatoms. The molecule has 0 spiro atoms. The molecule has 0 aliphatic heterocycles. The summed E-state index contributed by atoms with van der Waals surface area (Å²) in [6.07, 6.45) is 3.87. The minimum atomic E-state index is -3.64. The third kappa shape index (κ3) is 4.21. The average Bonchev–Trinajstić information content (AvgIpc) is 3.08. The molecule has 0 N–H and O–H groups in total. The molecule has 0 amide bonds. The van der Waals surface area contributed by atoms with Gasteiger partial charge < -0.3 is 0 Å². The number of carbonyl (C=O) groups is 1. The molecular weight excluding hydrogens is 424 g/mol. The van der Waals surface area contributed by atoms with E-state index < -0.39 is 10.1 Å². The fourth-order valence-corrected chi connectivity index (χ4v) is 2.93. The highest BCUT2D eigenvalue weighted by molar-refractivity contribution is 9.10. The monoisotopic (exact) mass is 436 g/mol. The van der Waals surface area contributed by atoms with Crippen LogP contribution < -0.4 is 0 Å². The summed E-state index contributed by atoms with van der Waals surface area (Å²) >= 11 is 3.36. The Balaban J connectivity index is 2.05. The van der Waals surface area contributed by atoms with Gasteiger partial charge in [0.25, 0.3) is 10.1 Å². The molecule has 134 valence electrons. The number of rotatable bonds is 6. The Morgan fingerprint density at radius 1 is 1.27 bits per heavy atom. The molecule has 8 nitrogen and oxygen atoms in total. The molecule has 0 radical (unpaired) electrons. The summed E-state index contributed by atoms with van der Waals surface area (Å²) in [4.78, 5) is 17.0. The fourth-order valence-electron chi connectivity index (χ4n) is 2.25. The standard InChI is InChI=1S/C16H13BrN4O4S/c1-26(23,24)25-9-15-20-19-10-21(15)14-6-5-11(17)8-12(14)16(22)13-4-2-3-7-18-13/h2-8,10H,9H2,1H3. The minimum absolute atomic E-state index is 0.243. The predicted octanol–water partition coefficient (Wildman–Crippen LogP) is 2.13. The van der Waals surface area contributed by atoms with Crippen molar-refractivity contribution >= 4 is 31.8 Å². The maximum Gasteiger partial charge on any atom is 0.264 e. The van der Waals surface area contributed by atoms with E-state index >= 15 is 0 Å². The van der Waals surface area contributed by atoms with E-state index in [0.717, 1.165) is 6.26 Å². The Hall–Kier alpha value is -2.43. The second-order valence-corrected chi connectivity index (χ2v) is 7.85. The normalized spacial score (nSPS) is 11.5. The second-order valence-electron chi connectivity index (χ2n) is 5.29. The van der Waals surface area contributed by atoms with Gasteiger partial charge in [0.2, 0.25) is 5.78 Å². The molecule has 0 aliphatic rings. The Bertz CT molecular complexity index is 1050. The lowest BCUT2D eigenvalue weighted by Crippen LogP contribution is -2.12. The Kier molecular flexibility index (Phi) is 5.25. The van der Waals surface area contributed by atoms with Crippen LogP contribution in [0.2, 0.25) is 0 Å². The lowest BCUT2D eigenvalue weighted by molar-refractivity contribution is 0.103. The minimum Gasteiger partial charge on any atom is -0.287 e. The van der Waals surface area contributed by atoms with Gasteiger partial charge in [-0.3, -0.25) is 18.5 Å². The number of benzene rings is 1. The van der Waals surface area contributed by atoms with Crippen LogP contribution in [0.4, 0.5) is 0 Å². The van der Waals surface area contributed by atoms with Crippen LogP contribution in [-0.4, -0.2) is 40.2 Å². The van der Waals surface area contributed by atoms with Gasteiger partial charge in [-0.1, -0.05) is 22.0 Å². The molecule has 0 saturated carbocycles. The van der Waals surface area contributed by atoms with Gasteiger partial charge in [-0.15, -0.1) is 10.2 Å². The van der Waals surface area contributed by atoms with Crippen molar-refractivity contribution in [3.63, 3.8) is 0 Å². The van der Waals surface area contributed by atoms with Gasteiger partial charge in [0.1, 0.15) is 18.6 Å². The van der Waals surface area contributed by atoms with Gasteiger partial charge in [-0.2, -0.15) is 8.42 Å². The van der Waals surface area contributed by atoms with E-state index in [-0.39, 0.29) is 23.9 Å². The molecule has 0 saturated heterocycles. The van der Waals surface area contributed by atoms with Crippen LogP contribution in [-0.2, 0) is 20.9 Å². The highest BCUT2D eigenvalue weighted by Crippen LogP contribution is 2.23. The summed E-state index contributed by atoms with van der Waals surface area (Å²) in [6, 6.07) is 10.2. The number of hydrogen-bond donors (Lipinski definition) is 0. The topological polar surface area (TPSA) is 104 Å². The smallest absolute Gasteiger partial charge is 0.264 e. The third-order valence-corrected chi connectivity index (χ3v) is 4.42. The molecule has 0 fully saturated rings. The lowest BCUT2D eigenvalue weighted by atomic mass is 10.1. The number of aromatic nitrogens is 4. The number of pyridine rings is 1. The maximum absolute atomic E-state index is 12.9. The summed E-state index contributed by atoms with van der Waals surface area (Å²) in [7, 11) is -3.64. The highest BCUT2D eigenvalue weighted by Gasteiger charge is 2.19. The Labute approximate surface area is 158 Å². The maximum atomic E-state index is 12.9. The third-order valence-electron chi connectivity index (χ3n) is 3.38. The second kappa shape index (κ2) is 7.44. The molecule has 0 atom stereocenters. The number of nitrogens with zero attached hydrogens (tertiary/aromatic N) is 4. The lowest BCUT2D eigenvalue weighted by Gasteiger charge is -2.12. The summed E-state index contributed by atoms with van der Waals surface area (Å²) < 4.78 is 29.5. The van der Waals surface area contributed by atoms with Crippen molar-refractivity contribution in [2.75, 3.05) is 6.26 Å². The zero-order valence-corrected chi connectivity index (χ0v) is 15.9. The molecule has 0 bridgehead atoms. The number of carbonyl (C=O) groups excluding carboxylic acids is 1. The SMILES string of the molecule is CS(=O)(=O)OCc1nncn1-c1ccc(Br)cc1C(=O)c1ccccn1. The van der Waals surface area contributed by atoms with Crippen molar-refractivity contribution in [3.8, 4) is 5.69 Å². The first-order valence-corrected chi connectivity index (χ1v) is 9.95. The zero-order valence-electron chi connectivity index (χ0n) is 13.5. The van der Waals surface area contributed by atoms with Crippen LogP contribution in [0, 0.1) is 0 Å². The summed E-state index contributed by atoms with van der Waals surface area (Å²) in [5.41, 5.74) is 1.13. The summed E-state index contributed by atoms with van der Waals surface area (Å²) in [5.74, 6) is -0.0431. The van der Waals surface area contributed by atoms with Gasteiger partial charge in [-0.05, 0) is 30.3 Å².